The third-order valence-corrected chi connectivity index (χ3v) is 3.56. The molecule has 1 heterocycles. The number of rotatable bonds is 5. The van der Waals surface area contributed by atoms with E-state index in [1.54, 1.807) is 12.1 Å². The quantitative estimate of drug-likeness (QED) is 0.844. The molecule has 104 valence electrons. The lowest BCUT2D eigenvalue weighted by atomic mass is 10.1. The summed E-state index contributed by atoms with van der Waals surface area (Å²) < 4.78 is 18.5. The van der Waals surface area contributed by atoms with Gasteiger partial charge in [0.1, 0.15) is 11.6 Å². The monoisotopic (exact) mass is 271 g/mol. The molecular weight excluding hydrogens is 253 g/mol. The lowest BCUT2D eigenvalue weighted by Gasteiger charge is -2.07. The van der Waals surface area contributed by atoms with Crippen molar-refractivity contribution in [2.24, 2.45) is 0 Å². The standard InChI is InChI=1S/C17H18FNO/c18-16-3-1-2-14(11-16)12-19-8-6-13-4-5-17-15(10-13)7-9-20-17/h1-5,10-11,19H,6-9,12H2. The van der Waals surface area contributed by atoms with E-state index < -0.39 is 0 Å². The zero-order chi connectivity index (χ0) is 13.8. The molecule has 2 aromatic rings. The Balaban J connectivity index is 1.48. The molecule has 0 atom stereocenters. The van der Waals surface area contributed by atoms with Gasteiger partial charge in [-0.3, -0.25) is 0 Å². The van der Waals surface area contributed by atoms with Crippen molar-refractivity contribution in [1.82, 2.24) is 5.32 Å². The molecule has 2 nitrogen and oxygen atoms in total. The number of nitrogens with one attached hydrogen (secondary N) is 1. The Labute approximate surface area is 118 Å². The van der Waals surface area contributed by atoms with Crippen LogP contribution in [0, 0.1) is 5.82 Å². The minimum absolute atomic E-state index is 0.178. The van der Waals surface area contributed by atoms with Crippen LogP contribution in [0.3, 0.4) is 0 Å². The Kier molecular flexibility index (Phi) is 3.97. The van der Waals surface area contributed by atoms with E-state index in [-0.39, 0.29) is 5.82 Å². The van der Waals surface area contributed by atoms with Crippen LogP contribution in [0.15, 0.2) is 42.5 Å². The molecule has 3 heteroatoms. The SMILES string of the molecule is Fc1cccc(CNCCc2ccc3c(c2)CCO3)c1. The molecule has 0 saturated carbocycles. The van der Waals surface area contributed by atoms with Crippen molar-refractivity contribution in [3.63, 3.8) is 0 Å². The summed E-state index contributed by atoms with van der Waals surface area (Å²) in [6, 6.07) is 13.1. The molecule has 2 aromatic carbocycles. The summed E-state index contributed by atoms with van der Waals surface area (Å²) in [5.41, 5.74) is 3.61. The van der Waals surface area contributed by atoms with E-state index in [9.17, 15) is 4.39 Å². The summed E-state index contributed by atoms with van der Waals surface area (Å²) in [4.78, 5) is 0. The first-order valence-electron chi connectivity index (χ1n) is 7.01. The number of hydrogen-bond donors (Lipinski definition) is 1. The average Bonchev–Trinajstić information content (AvgIpc) is 2.91. The summed E-state index contributed by atoms with van der Waals surface area (Å²) in [7, 11) is 0. The molecule has 1 aliphatic rings. The summed E-state index contributed by atoms with van der Waals surface area (Å²) in [5.74, 6) is 0.851. The molecule has 0 radical (unpaired) electrons. The van der Waals surface area contributed by atoms with Crippen molar-refractivity contribution in [1.29, 1.82) is 0 Å². The van der Waals surface area contributed by atoms with E-state index in [1.165, 1.54) is 17.2 Å². The predicted molar refractivity (Wildman–Crippen MR) is 77.5 cm³/mol. The summed E-state index contributed by atoms with van der Waals surface area (Å²) in [6.45, 7) is 2.39. The maximum absolute atomic E-state index is 13.0. The minimum Gasteiger partial charge on any atom is -0.493 e. The second kappa shape index (κ2) is 6.06. The fourth-order valence-electron chi connectivity index (χ4n) is 2.51. The first-order chi connectivity index (χ1) is 9.81. The summed E-state index contributed by atoms with van der Waals surface area (Å²) in [5, 5.41) is 3.35. The Morgan fingerprint density at radius 1 is 1.10 bits per heavy atom. The zero-order valence-corrected chi connectivity index (χ0v) is 11.4. The first kappa shape index (κ1) is 13.1. The van der Waals surface area contributed by atoms with Gasteiger partial charge in [-0.15, -0.1) is 0 Å². The van der Waals surface area contributed by atoms with Gasteiger partial charge in [0.05, 0.1) is 6.61 Å². The van der Waals surface area contributed by atoms with Gasteiger partial charge in [-0.2, -0.15) is 0 Å². The van der Waals surface area contributed by atoms with E-state index in [0.29, 0.717) is 6.54 Å². The molecule has 3 rings (SSSR count). The molecular formula is C17H18FNO. The van der Waals surface area contributed by atoms with Gasteiger partial charge in [-0.1, -0.05) is 24.3 Å². The number of fused-ring (bicyclic) bond motifs is 1. The molecule has 0 spiro atoms. The number of benzene rings is 2. The van der Waals surface area contributed by atoms with Gasteiger partial charge in [0.15, 0.2) is 0 Å². The van der Waals surface area contributed by atoms with Crippen LogP contribution in [0.4, 0.5) is 4.39 Å². The van der Waals surface area contributed by atoms with E-state index in [1.807, 2.05) is 6.07 Å². The van der Waals surface area contributed by atoms with Gasteiger partial charge < -0.3 is 10.1 Å². The zero-order valence-electron chi connectivity index (χ0n) is 11.4. The number of halogens is 1. The average molecular weight is 271 g/mol. The van der Waals surface area contributed by atoms with Crippen molar-refractivity contribution in [2.45, 2.75) is 19.4 Å². The van der Waals surface area contributed by atoms with Crippen molar-refractivity contribution >= 4 is 0 Å². The molecule has 0 bridgehead atoms. The van der Waals surface area contributed by atoms with Crippen molar-refractivity contribution in [3.8, 4) is 5.75 Å². The van der Waals surface area contributed by atoms with Crippen LogP contribution in [-0.4, -0.2) is 13.2 Å². The first-order valence-corrected chi connectivity index (χ1v) is 7.01. The van der Waals surface area contributed by atoms with Gasteiger partial charge >= 0.3 is 0 Å². The highest BCUT2D eigenvalue weighted by Crippen LogP contribution is 2.25. The lowest BCUT2D eigenvalue weighted by Crippen LogP contribution is -2.16. The Hall–Kier alpha value is -1.87. The van der Waals surface area contributed by atoms with Crippen molar-refractivity contribution < 1.29 is 9.13 Å². The van der Waals surface area contributed by atoms with Gasteiger partial charge in [0.25, 0.3) is 0 Å². The highest BCUT2D eigenvalue weighted by Gasteiger charge is 2.11. The normalized spacial score (nSPS) is 13.1. The van der Waals surface area contributed by atoms with Crippen molar-refractivity contribution in [2.75, 3.05) is 13.2 Å². The highest BCUT2D eigenvalue weighted by atomic mass is 19.1. The minimum atomic E-state index is -0.178. The third-order valence-electron chi connectivity index (χ3n) is 3.56. The molecule has 0 unspecified atom stereocenters. The van der Waals surface area contributed by atoms with Crippen LogP contribution >= 0.6 is 0 Å². The maximum Gasteiger partial charge on any atom is 0.123 e. The van der Waals surface area contributed by atoms with Crippen LogP contribution in [0.1, 0.15) is 16.7 Å². The molecule has 0 fully saturated rings. The van der Waals surface area contributed by atoms with E-state index in [4.69, 9.17) is 4.74 Å². The summed E-state index contributed by atoms with van der Waals surface area (Å²) >= 11 is 0. The predicted octanol–water partition coefficient (Wildman–Crippen LogP) is 3.09. The second-order valence-corrected chi connectivity index (χ2v) is 5.10. The molecule has 0 amide bonds. The number of hydrogen-bond acceptors (Lipinski definition) is 2. The second-order valence-electron chi connectivity index (χ2n) is 5.10. The van der Waals surface area contributed by atoms with Crippen LogP contribution < -0.4 is 10.1 Å². The third kappa shape index (κ3) is 3.17. The molecule has 0 aromatic heterocycles. The maximum atomic E-state index is 13.0. The Morgan fingerprint density at radius 3 is 2.95 bits per heavy atom. The fraction of sp³-hybridized carbons (Fsp3) is 0.294. The van der Waals surface area contributed by atoms with Gasteiger partial charge in [-0.25, -0.2) is 4.39 Å². The molecule has 20 heavy (non-hydrogen) atoms. The van der Waals surface area contributed by atoms with Crippen molar-refractivity contribution in [3.05, 3.63) is 65.0 Å². The van der Waals surface area contributed by atoms with E-state index >= 15 is 0 Å². The van der Waals surface area contributed by atoms with Crippen LogP contribution in [0.25, 0.3) is 0 Å². The smallest absolute Gasteiger partial charge is 0.123 e. The molecule has 0 aliphatic carbocycles. The number of ether oxygens (including phenoxy) is 1. The van der Waals surface area contributed by atoms with Gasteiger partial charge in [0.2, 0.25) is 0 Å². The Morgan fingerprint density at radius 2 is 2.05 bits per heavy atom. The summed E-state index contributed by atoms with van der Waals surface area (Å²) in [6.07, 6.45) is 1.99. The van der Waals surface area contributed by atoms with Crippen LogP contribution in [0.2, 0.25) is 0 Å². The molecule has 1 N–H and O–H groups in total. The van der Waals surface area contributed by atoms with E-state index in [0.717, 1.165) is 37.3 Å². The highest BCUT2D eigenvalue weighted by molar-refractivity contribution is 5.39. The van der Waals surface area contributed by atoms with Gasteiger partial charge in [0, 0.05) is 13.0 Å². The fourth-order valence-corrected chi connectivity index (χ4v) is 2.51. The van der Waals surface area contributed by atoms with Crippen LogP contribution in [-0.2, 0) is 19.4 Å². The van der Waals surface area contributed by atoms with Gasteiger partial charge in [-0.05, 0) is 47.9 Å². The largest absolute Gasteiger partial charge is 0.493 e. The topological polar surface area (TPSA) is 21.3 Å². The Bertz CT molecular complexity index is 597. The molecule has 0 saturated heterocycles. The molecule has 1 aliphatic heterocycles. The van der Waals surface area contributed by atoms with E-state index in [2.05, 4.69) is 23.5 Å². The lowest BCUT2D eigenvalue weighted by molar-refractivity contribution is 0.357. The van der Waals surface area contributed by atoms with Crippen LogP contribution in [0.5, 0.6) is 5.75 Å².